The molecule has 424 valence electrons. The molecule has 0 amide bonds. The maximum Gasteiger partial charge on any atom is 0.450 e. The van der Waals surface area contributed by atoms with Crippen LogP contribution in [-0.2, 0) is 62.1 Å². The van der Waals surface area contributed by atoms with Crippen molar-refractivity contribution in [2.75, 3.05) is 0 Å². The molecule has 4 unspecified atom stereocenters. The molecular weight excluding hydrogens is 1150 g/mol. The Morgan fingerprint density at radius 3 is 0.792 bits per heavy atom. The number of hydrogen-bond donors (Lipinski definition) is 0. The molecule has 28 heteroatoms. The summed E-state index contributed by atoms with van der Waals surface area (Å²) >= 11 is 0. The number of hydrogen-bond acceptors (Lipinski definition) is 14. The first-order chi connectivity index (χ1) is 31.4. The van der Waals surface area contributed by atoms with Crippen LogP contribution in [0, 0.1) is 0 Å². The van der Waals surface area contributed by atoms with Crippen molar-refractivity contribution in [2.45, 2.75) is 259 Å². The van der Waals surface area contributed by atoms with Crippen molar-refractivity contribution >= 4 is 125 Å². The van der Waals surface area contributed by atoms with Crippen molar-refractivity contribution in [3.05, 3.63) is 12.2 Å². The second-order valence-corrected chi connectivity index (χ2v) is 113. The summed E-state index contributed by atoms with van der Waals surface area (Å²) in [6, 6.07) is 0.930. The van der Waals surface area contributed by atoms with Crippen LogP contribution in [0.25, 0.3) is 0 Å². The van der Waals surface area contributed by atoms with E-state index in [1.165, 1.54) is 12.2 Å². The molecule has 0 aromatic rings. The molecule has 0 aromatic heterocycles. The monoisotopic (exact) mass is 1250 g/mol. The molecule has 2 saturated heterocycles. The van der Waals surface area contributed by atoms with Gasteiger partial charge in [0.05, 0.1) is 11.5 Å². The molecule has 14 nitrogen and oxygen atoms in total. The Morgan fingerprint density at radius 2 is 0.625 bits per heavy atom. The molecule has 0 spiro atoms. The number of ether oxygens (including phenoxy) is 2. The average Bonchev–Trinajstić information content (AvgIpc) is 3.03. The van der Waals surface area contributed by atoms with Gasteiger partial charge in [-0.1, -0.05) is 53.1 Å². The third-order valence-electron chi connectivity index (χ3n) is 12.8. The van der Waals surface area contributed by atoms with Crippen LogP contribution in [0.1, 0.15) is 26.7 Å². The summed E-state index contributed by atoms with van der Waals surface area (Å²) in [5, 5.41) is 0. The number of rotatable bonds is 24. The fourth-order valence-electron chi connectivity index (χ4n) is 10.0. The van der Waals surface area contributed by atoms with Crippen LogP contribution in [0.2, 0.25) is 208 Å². The number of carbonyl (C=O) groups excluding carboxylic acids is 2. The highest BCUT2D eigenvalue weighted by molar-refractivity contribution is 7.67. The van der Waals surface area contributed by atoms with Crippen LogP contribution in [0.15, 0.2) is 12.2 Å². The molecule has 2 heterocycles. The Bertz CT molecular complexity index is 1710. The smallest absolute Gasteiger partial charge is 0.450 e. The van der Waals surface area contributed by atoms with Gasteiger partial charge in [0.15, 0.2) is 66.5 Å². The Labute approximate surface area is 454 Å². The van der Waals surface area contributed by atoms with Gasteiger partial charge < -0.3 is 52.5 Å². The van der Waals surface area contributed by atoms with Gasteiger partial charge in [-0.25, -0.2) is 9.59 Å². The predicted octanol–water partition coefficient (Wildman–Crippen LogP) is 13.2. The van der Waals surface area contributed by atoms with E-state index in [1.807, 2.05) is 0 Å². The zero-order valence-electron chi connectivity index (χ0n) is 51.9. The number of carbonyl (C=O) groups is 2. The molecule has 0 N–H and O–H groups in total. The van der Waals surface area contributed by atoms with Gasteiger partial charge in [-0.2, -0.15) is 0 Å². The standard InChI is InChI=1S/C44H108O14Si14/c1-33-41(69(31)37-43(49-59(3,4)5,50-60(6,7)8)53-71(67(69,27)28,55-63(15,16)17)56-64(18,19)20)47-39(45)35-36-40(46)48-42(34-2)70(32)38-44(51-61(9,10)11,52-62(12,13)14)54-72(68(70,29)30,57-65(21,22)23)58-66(24,25)26/h35-36,41-42H,33-34,37-38H2,1-32H3. The summed E-state index contributed by atoms with van der Waals surface area (Å²) in [5.41, 5.74) is -0.974. The highest BCUT2D eigenvalue weighted by Gasteiger charge is 2.79. The van der Waals surface area contributed by atoms with Gasteiger partial charge in [0.1, 0.15) is 29.4 Å². The van der Waals surface area contributed by atoms with E-state index in [1.54, 1.807) is 0 Å². The quantitative estimate of drug-likeness (QED) is 0.0391. The second kappa shape index (κ2) is 22.7. The van der Waals surface area contributed by atoms with Gasteiger partial charge in [0, 0.05) is 24.2 Å². The second-order valence-electron chi connectivity index (χ2n) is 29.8. The molecule has 2 aliphatic heterocycles. The summed E-state index contributed by atoms with van der Waals surface area (Å²) < 4.78 is 87.0. The van der Waals surface area contributed by atoms with Crippen molar-refractivity contribution in [3.8, 4) is 0 Å². The molecule has 2 fully saturated rings. The molecule has 72 heavy (non-hydrogen) atoms. The largest absolute Gasteiger partial charge is 0.463 e. The van der Waals surface area contributed by atoms with Crippen LogP contribution >= 0.6 is 0 Å². The van der Waals surface area contributed by atoms with Gasteiger partial charge in [-0.05, 0) is 170 Å². The van der Waals surface area contributed by atoms with E-state index < -0.39 is 148 Å². The molecule has 0 aliphatic carbocycles. The maximum atomic E-state index is 14.4. The first-order valence-corrected chi connectivity index (χ1v) is 72.8. The fourth-order valence-corrected chi connectivity index (χ4v) is 106. The van der Waals surface area contributed by atoms with E-state index in [-0.39, 0.29) is 0 Å². The minimum absolute atomic E-state index is 0.465. The first kappa shape index (κ1) is 69.4. The van der Waals surface area contributed by atoms with Crippen molar-refractivity contribution < 1.29 is 62.1 Å². The van der Waals surface area contributed by atoms with Crippen LogP contribution in [0.3, 0.4) is 0 Å². The fraction of sp³-hybridized carbons (Fsp3) is 0.909. The first-order valence-electron chi connectivity index (χ1n) is 26.5. The summed E-state index contributed by atoms with van der Waals surface area (Å²) in [7, 11) is -37.5. The lowest BCUT2D eigenvalue weighted by Crippen LogP contribution is -2.89. The average molecular weight is 1250 g/mol. The molecule has 2 aliphatic rings. The third-order valence-corrected chi connectivity index (χ3v) is 96.1. The van der Waals surface area contributed by atoms with E-state index in [0.717, 1.165) is 0 Å². The Kier molecular flexibility index (Phi) is 21.9. The van der Waals surface area contributed by atoms with E-state index in [4.69, 9.17) is 52.5 Å². The van der Waals surface area contributed by atoms with Gasteiger partial charge in [0.2, 0.25) is 0 Å². The topological polar surface area (TPSA) is 145 Å². The van der Waals surface area contributed by atoms with Crippen molar-refractivity contribution in [3.63, 3.8) is 0 Å². The van der Waals surface area contributed by atoms with Crippen molar-refractivity contribution in [1.82, 2.24) is 0 Å². The van der Waals surface area contributed by atoms with E-state index in [0.29, 0.717) is 24.9 Å². The minimum atomic E-state index is -3.64. The van der Waals surface area contributed by atoms with E-state index >= 15 is 0 Å². The Hall–Kier alpha value is 1.32. The van der Waals surface area contributed by atoms with Crippen LogP contribution in [-0.4, -0.2) is 148 Å². The zero-order chi connectivity index (χ0) is 57.0. The lowest BCUT2D eigenvalue weighted by atomic mass is 10.4. The predicted molar refractivity (Wildman–Crippen MR) is 332 cm³/mol. The van der Waals surface area contributed by atoms with Crippen LogP contribution in [0.4, 0.5) is 0 Å². The summed E-state index contributed by atoms with van der Waals surface area (Å²) in [6.45, 7) is 70.3. The molecule has 0 saturated carbocycles. The minimum Gasteiger partial charge on any atom is -0.463 e. The van der Waals surface area contributed by atoms with Gasteiger partial charge in [0.25, 0.3) is 11.9 Å². The Morgan fingerprint density at radius 1 is 0.417 bits per heavy atom. The van der Waals surface area contributed by atoms with E-state index in [2.05, 4.69) is 210 Å². The Balaban J connectivity index is 2.85. The van der Waals surface area contributed by atoms with Crippen LogP contribution in [0.5, 0.6) is 0 Å². The summed E-state index contributed by atoms with van der Waals surface area (Å²) in [4.78, 5) is 28.9. The molecular formula is C44H108O14Si14. The third kappa shape index (κ3) is 18.4. The van der Waals surface area contributed by atoms with Crippen molar-refractivity contribution in [2.24, 2.45) is 0 Å². The normalized spacial score (nSPS) is 25.7. The van der Waals surface area contributed by atoms with Crippen molar-refractivity contribution in [1.29, 1.82) is 0 Å². The van der Waals surface area contributed by atoms with Gasteiger partial charge >= 0.3 is 28.6 Å². The van der Waals surface area contributed by atoms with E-state index in [9.17, 15) is 9.59 Å². The molecule has 0 aromatic carbocycles. The maximum absolute atomic E-state index is 14.4. The highest BCUT2D eigenvalue weighted by Crippen LogP contribution is 2.54. The highest BCUT2D eigenvalue weighted by atomic mass is 29.7. The summed E-state index contributed by atoms with van der Waals surface area (Å²) in [5.74, 6) is -4.03. The lowest BCUT2D eigenvalue weighted by Gasteiger charge is -2.63. The molecule has 0 radical (unpaired) electrons. The SMILES string of the molecule is CCC(OC(=O)C=CC(=O)OC(CC)[Si]1(C)CC(O[Si](C)(C)C)(O[Si](C)(C)C)O[Si](O[Si](C)(C)C)(O[Si](C)(C)C)[Si]1(C)C)[Si]1(C)CC(O[Si](C)(C)C)(O[Si](C)(C)C)O[Si](O[Si](C)(C)C)(O[Si](C)(C)C)[Si]1(C)C. The van der Waals surface area contributed by atoms with Gasteiger partial charge in [-0.3, -0.25) is 0 Å². The van der Waals surface area contributed by atoms with Gasteiger partial charge in [-0.15, -0.1) is 0 Å². The number of esters is 2. The van der Waals surface area contributed by atoms with Crippen LogP contribution < -0.4 is 0 Å². The molecule has 4 atom stereocenters. The zero-order valence-corrected chi connectivity index (χ0v) is 65.9. The lowest BCUT2D eigenvalue weighted by molar-refractivity contribution is -0.269. The summed E-state index contributed by atoms with van der Waals surface area (Å²) in [6.07, 6.45) is 3.61. The molecule has 2 rings (SSSR count). The molecule has 0 bridgehead atoms.